The first-order valence-electron chi connectivity index (χ1n) is 12.4. The topological polar surface area (TPSA) is 140 Å². The molecule has 39 heavy (non-hydrogen) atoms. The van der Waals surface area contributed by atoms with Gasteiger partial charge in [-0.1, -0.05) is 24.8 Å². The Bertz CT molecular complexity index is 1380. The molecule has 2 aromatic carbocycles. The molecule has 4 rings (SSSR count). The summed E-state index contributed by atoms with van der Waals surface area (Å²) >= 11 is 0. The number of carbonyl (C=O) groups excluding carboxylic acids is 3. The van der Waals surface area contributed by atoms with Gasteiger partial charge in [0.1, 0.15) is 18.9 Å². The number of nitrogens with zero attached hydrogens (tertiary/aromatic N) is 2. The number of nitro benzene ring substituents is 1. The second-order valence-corrected chi connectivity index (χ2v) is 9.87. The number of benzene rings is 2. The lowest BCUT2D eigenvalue weighted by Crippen LogP contribution is -2.60. The maximum absolute atomic E-state index is 12.3. The Labute approximate surface area is 225 Å². The Morgan fingerprint density at radius 1 is 1.13 bits per heavy atom. The van der Waals surface area contributed by atoms with E-state index in [0.29, 0.717) is 11.3 Å². The minimum absolute atomic E-state index is 0.0115. The summed E-state index contributed by atoms with van der Waals surface area (Å²) in [6.45, 7) is 8.78. The van der Waals surface area contributed by atoms with Crippen molar-refractivity contribution in [2.75, 3.05) is 31.1 Å². The predicted molar refractivity (Wildman–Crippen MR) is 144 cm³/mol. The van der Waals surface area contributed by atoms with Gasteiger partial charge in [-0.05, 0) is 50.6 Å². The highest BCUT2D eigenvalue weighted by molar-refractivity contribution is 5.95. The fraction of sp³-hybridized carbons (Fsp3) is 0.321. The molecule has 1 atom stereocenters. The van der Waals surface area contributed by atoms with E-state index in [1.165, 1.54) is 19.1 Å². The number of nitrogens with one attached hydrogen (secondary N) is 2. The number of non-ortho nitro benzene ring substituents is 1. The van der Waals surface area contributed by atoms with Gasteiger partial charge in [0.15, 0.2) is 0 Å². The van der Waals surface area contributed by atoms with Gasteiger partial charge in [0.05, 0.1) is 23.4 Å². The number of rotatable bonds is 9. The van der Waals surface area contributed by atoms with Crippen LogP contribution >= 0.6 is 0 Å². The van der Waals surface area contributed by atoms with Crippen LogP contribution in [0.25, 0.3) is 6.08 Å². The van der Waals surface area contributed by atoms with E-state index in [9.17, 15) is 24.5 Å². The first kappa shape index (κ1) is 27.4. The maximum atomic E-state index is 12.3. The number of para-hydroxylation sites is 1. The van der Waals surface area contributed by atoms with Gasteiger partial charge < -0.3 is 25.0 Å². The number of anilines is 1. The highest BCUT2D eigenvalue weighted by Gasteiger charge is 2.58. The van der Waals surface area contributed by atoms with E-state index in [2.05, 4.69) is 31.1 Å². The molecule has 2 aromatic rings. The average Bonchev–Trinajstić information content (AvgIpc) is 3.08. The number of amides is 2. The largest absolute Gasteiger partial charge is 0.463 e. The third-order valence-electron chi connectivity index (χ3n) is 6.93. The molecule has 0 radical (unpaired) electrons. The van der Waals surface area contributed by atoms with Crippen LogP contribution in [-0.4, -0.2) is 54.7 Å². The Morgan fingerprint density at radius 2 is 1.87 bits per heavy atom. The molecular weight excluding hydrogens is 504 g/mol. The summed E-state index contributed by atoms with van der Waals surface area (Å²) < 4.78 is 12.0. The van der Waals surface area contributed by atoms with Gasteiger partial charge in [0.2, 0.25) is 17.5 Å². The molecule has 1 unspecified atom stereocenters. The normalized spacial score (nSPS) is 18.0. The van der Waals surface area contributed by atoms with Crippen LogP contribution in [0.5, 0.6) is 5.75 Å². The fourth-order valence-electron chi connectivity index (χ4n) is 4.84. The van der Waals surface area contributed by atoms with Crippen molar-refractivity contribution in [2.45, 2.75) is 31.9 Å². The molecule has 2 aliphatic heterocycles. The molecular formula is C28H30N4O7. The number of hydrogen-bond donors (Lipinski definition) is 2. The van der Waals surface area contributed by atoms with E-state index in [-0.39, 0.29) is 37.5 Å². The van der Waals surface area contributed by atoms with Gasteiger partial charge in [-0.15, -0.1) is 0 Å². The molecule has 2 heterocycles. The average molecular weight is 535 g/mol. The molecule has 0 bridgehead atoms. The Morgan fingerprint density at radius 3 is 2.59 bits per heavy atom. The fourth-order valence-corrected chi connectivity index (χ4v) is 4.84. The standard InChI is InChI=1S/C28H30N4O7/c1-18(2)26(35)30-16-24(33)29-17-25(34)38-14-13-31-22-8-6-5-7-21(22)27(3,4)28(31)12-11-19-15-20(32(36)37)9-10-23(19)39-28/h5-12,15H,1,13-14,16-17H2,2-4H3,(H,29,33)(H,30,35). The molecule has 0 aliphatic carbocycles. The van der Waals surface area contributed by atoms with Crippen molar-refractivity contribution in [3.63, 3.8) is 0 Å². The number of ether oxygens (including phenoxy) is 2. The van der Waals surface area contributed by atoms with E-state index in [0.717, 1.165) is 11.3 Å². The molecule has 0 aromatic heterocycles. The maximum Gasteiger partial charge on any atom is 0.325 e. The summed E-state index contributed by atoms with van der Waals surface area (Å²) in [6, 6.07) is 12.3. The molecule has 0 fully saturated rings. The molecule has 11 heteroatoms. The van der Waals surface area contributed by atoms with Crippen LogP contribution in [0, 0.1) is 10.1 Å². The van der Waals surface area contributed by atoms with Crippen LogP contribution in [0.2, 0.25) is 0 Å². The Kier molecular flexibility index (Phi) is 7.44. The summed E-state index contributed by atoms with van der Waals surface area (Å²) in [4.78, 5) is 48.5. The monoisotopic (exact) mass is 534 g/mol. The van der Waals surface area contributed by atoms with E-state index >= 15 is 0 Å². The third kappa shape index (κ3) is 5.20. The van der Waals surface area contributed by atoms with Crippen LogP contribution < -0.4 is 20.3 Å². The van der Waals surface area contributed by atoms with Gasteiger partial charge in [-0.2, -0.15) is 0 Å². The lowest BCUT2D eigenvalue weighted by molar-refractivity contribution is -0.384. The number of esters is 1. The highest BCUT2D eigenvalue weighted by atomic mass is 16.6. The van der Waals surface area contributed by atoms with Crippen molar-refractivity contribution in [3.05, 3.63) is 81.9 Å². The predicted octanol–water partition coefficient (Wildman–Crippen LogP) is 2.85. The van der Waals surface area contributed by atoms with E-state index < -0.39 is 33.8 Å². The SMILES string of the molecule is C=C(C)C(=O)NCC(=O)NCC(=O)OCCN1c2ccccc2C(C)(C)C12C=Cc1cc([N+](=O)[O-])ccc1O2. The van der Waals surface area contributed by atoms with Crippen LogP contribution in [0.3, 0.4) is 0 Å². The summed E-state index contributed by atoms with van der Waals surface area (Å²) in [7, 11) is 0. The summed E-state index contributed by atoms with van der Waals surface area (Å²) in [5, 5.41) is 16.0. The molecule has 2 aliphatic rings. The van der Waals surface area contributed by atoms with Crippen molar-refractivity contribution < 1.29 is 28.8 Å². The lowest BCUT2D eigenvalue weighted by Gasteiger charge is -2.47. The molecule has 0 saturated carbocycles. The van der Waals surface area contributed by atoms with Crippen LogP contribution in [0.15, 0.2) is 60.7 Å². The molecule has 11 nitrogen and oxygen atoms in total. The second kappa shape index (κ2) is 10.6. The zero-order chi connectivity index (χ0) is 28.4. The molecule has 204 valence electrons. The van der Waals surface area contributed by atoms with Gasteiger partial charge in [-0.25, -0.2) is 0 Å². The Hall–Kier alpha value is -4.67. The van der Waals surface area contributed by atoms with Gasteiger partial charge in [0.25, 0.3) is 5.69 Å². The van der Waals surface area contributed by atoms with Crippen molar-refractivity contribution in [1.82, 2.24) is 10.6 Å². The smallest absolute Gasteiger partial charge is 0.325 e. The van der Waals surface area contributed by atoms with E-state index in [1.807, 2.05) is 41.3 Å². The number of carbonyl (C=O) groups is 3. The van der Waals surface area contributed by atoms with Gasteiger partial charge in [0, 0.05) is 29.0 Å². The van der Waals surface area contributed by atoms with Crippen LogP contribution in [-0.2, 0) is 24.5 Å². The number of nitro groups is 1. The van der Waals surface area contributed by atoms with Gasteiger partial charge >= 0.3 is 5.97 Å². The van der Waals surface area contributed by atoms with E-state index in [4.69, 9.17) is 9.47 Å². The van der Waals surface area contributed by atoms with Crippen molar-refractivity contribution in [1.29, 1.82) is 0 Å². The van der Waals surface area contributed by atoms with Crippen molar-refractivity contribution in [3.8, 4) is 5.75 Å². The number of fused-ring (bicyclic) bond motifs is 2. The quantitative estimate of drug-likeness (QED) is 0.217. The zero-order valence-corrected chi connectivity index (χ0v) is 22.0. The van der Waals surface area contributed by atoms with E-state index in [1.54, 1.807) is 6.07 Å². The summed E-state index contributed by atoms with van der Waals surface area (Å²) in [6.07, 6.45) is 3.71. The lowest BCUT2D eigenvalue weighted by atomic mass is 9.76. The highest BCUT2D eigenvalue weighted by Crippen LogP contribution is 2.54. The summed E-state index contributed by atoms with van der Waals surface area (Å²) in [5.41, 5.74) is 1.27. The van der Waals surface area contributed by atoms with Crippen molar-refractivity contribution >= 4 is 35.2 Å². The summed E-state index contributed by atoms with van der Waals surface area (Å²) in [5.74, 6) is -1.11. The molecule has 1 spiro atoms. The third-order valence-corrected chi connectivity index (χ3v) is 6.93. The van der Waals surface area contributed by atoms with Crippen molar-refractivity contribution in [2.24, 2.45) is 0 Å². The molecule has 0 saturated heterocycles. The minimum Gasteiger partial charge on any atom is -0.463 e. The van der Waals surface area contributed by atoms with Crippen LogP contribution in [0.4, 0.5) is 11.4 Å². The minimum atomic E-state index is -0.984. The number of hydrogen-bond acceptors (Lipinski definition) is 8. The first-order valence-corrected chi connectivity index (χ1v) is 12.4. The second-order valence-electron chi connectivity index (χ2n) is 9.87. The van der Waals surface area contributed by atoms with Crippen LogP contribution in [0.1, 0.15) is 31.9 Å². The van der Waals surface area contributed by atoms with Gasteiger partial charge in [-0.3, -0.25) is 24.5 Å². The molecule has 2 amide bonds. The Balaban J connectivity index is 1.45. The first-order chi connectivity index (χ1) is 18.5. The zero-order valence-electron chi connectivity index (χ0n) is 22.0. The molecule has 2 N–H and O–H groups in total.